The van der Waals surface area contributed by atoms with Gasteiger partial charge in [-0.05, 0) is 43.4 Å². The molecule has 5 amide bonds. The zero-order valence-electron chi connectivity index (χ0n) is 17.8. The van der Waals surface area contributed by atoms with Gasteiger partial charge in [-0.3, -0.25) is 34.2 Å². The van der Waals surface area contributed by atoms with Crippen LogP contribution < -0.4 is 10.6 Å². The molecular formula is C23H27N3O5. The fraction of sp³-hybridized carbons (Fsp3) is 0.522. The van der Waals surface area contributed by atoms with Crippen molar-refractivity contribution in [2.24, 2.45) is 11.3 Å². The molecule has 4 rings (SSSR count). The van der Waals surface area contributed by atoms with Crippen LogP contribution in [0.2, 0.25) is 0 Å². The van der Waals surface area contributed by atoms with E-state index < -0.39 is 35.1 Å². The van der Waals surface area contributed by atoms with Crippen molar-refractivity contribution in [1.29, 1.82) is 0 Å². The number of nitrogens with one attached hydrogen (secondary N) is 2. The first kappa shape index (κ1) is 21.2. The summed E-state index contributed by atoms with van der Waals surface area (Å²) in [6.45, 7) is 3.90. The molecule has 0 spiro atoms. The highest BCUT2D eigenvalue weighted by Crippen LogP contribution is 2.39. The van der Waals surface area contributed by atoms with Crippen molar-refractivity contribution in [2.45, 2.75) is 64.8 Å². The Labute approximate surface area is 180 Å². The number of rotatable bonds is 4. The van der Waals surface area contributed by atoms with Crippen LogP contribution in [0.3, 0.4) is 0 Å². The third-order valence-corrected chi connectivity index (χ3v) is 6.91. The zero-order chi connectivity index (χ0) is 22.3. The smallest absolute Gasteiger partial charge is 0.262 e. The van der Waals surface area contributed by atoms with Crippen molar-refractivity contribution in [3.63, 3.8) is 0 Å². The first-order valence-corrected chi connectivity index (χ1v) is 10.9. The van der Waals surface area contributed by atoms with Gasteiger partial charge in [-0.2, -0.15) is 0 Å². The van der Waals surface area contributed by atoms with Crippen LogP contribution >= 0.6 is 0 Å². The Morgan fingerprint density at radius 3 is 2.35 bits per heavy atom. The van der Waals surface area contributed by atoms with E-state index in [0.717, 1.165) is 30.6 Å². The van der Waals surface area contributed by atoms with Crippen molar-refractivity contribution in [1.82, 2.24) is 10.2 Å². The van der Waals surface area contributed by atoms with Crippen LogP contribution in [-0.4, -0.2) is 40.5 Å². The number of piperidine rings is 1. The van der Waals surface area contributed by atoms with Crippen molar-refractivity contribution < 1.29 is 24.0 Å². The molecule has 2 heterocycles. The second kappa shape index (κ2) is 7.90. The van der Waals surface area contributed by atoms with Crippen LogP contribution in [0.5, 0.6) is 0 Å². The molecule has 1 saturated carbocycles. The van der Waals surface area contributed by atoms with Crippen LogP contribution in [0, 0.1) is 11.3 Å². The predicted molar refractivity (Wildman–Crippen MR) is 112 cm³/mol. The van der Waals surface area contributed by atoms with Gasteiger partial charge in [-0.25, -0.2) is 0 Å². The van der Waals surface area contributed by atoms with Crippen molar-refractivity contribution in [3.05, 3.63) is 29.3 Å². The lowest BCUT2D eigenvalue weighted by atomic mass is 9.70. The first-order valence-electron chi connectivity index (χ1n) is 10.9. The molecule has 3 aliphatic rings. The molecule has 2 N–H and O–H groups in total. The SMILES string of the molecule is CC(C)(C(=O)Nc1ccc2c(c1)C(=O)N(C1CCC(=O)NC1=O)C2=O)C1CCCCC1. The van der Waals surface area contributed by atoms with E-state index in [9.17, 15) is 24.0 Å². The summed E-state index contributed by atoms with van der Waals surface area (Å²) in [6, 6.07) is 3.60. The molecule has 1 unspecified atom stereocenters. The Balaban J connectivity index is 1.52. The standard InChI is InChI=1S/C23H27N3O5/c1-23(2,13-6-4-3-5-7-13)22(31)24-14-8-9-15-16(12-14)21(30)26(20(15)29)17-10-11-18(27)25-19(17)28/h8-9,12-13,17H,3-7,10-11H2,1-2H3,(H,24,31)(H,25,27,28). The highest BCUT2D eigenvalue weighted by molar-refractivity contribution is 6.24. The maximum atomic E-state index is 13.0. The van der Waals surface area contributed by atoms with E-state index in [-0.39, 0.29) is 29.9 Å². The third-order valence-electron chi connectivity index (χ3n) is 6.91. The number of benzene rings is 1. The van der Waals surface area contributed by atoms with Gasteiger partial charge in [0.2, 0.25) is 17.7 Å². The second-order valence-electron chi connectivity index (χ2n) is 9.22. The Morgan fingerprint density at radius 1 is 1.00 bits per heavy atom. The molecule has 164 valence electrons. The van der Waals surface area contributed by atoms with Gasteiger partial charge in [0.25, 0.3) is 11.8 Å². The summed E-state index contributed by atoms with van der Waals surface area (Å²) in [5.41, 5.74) is 0.249. The number of carbonyl (C=O) groups excluding carboxylic acids is 5. The molecule has 8 nitrogen and oxygen atoms in total. The fourth-order valence-electron chi connectivity index (χ4n) is 4.85. The van der Waals surface area contributed by atoms with E-state index in [0.29, 0.717) is 11.6 Å². The first-order chi connectivity index (χ1) is 14.7. The Bertz CT molecular complexity index is 977. The number of fused-ring (bicyclic) bond motifs is 1. The minimum atomic E-state index is -1.01. The molecular weight excluding hydrogens is 398 g/mol. The summed E-state index contributed by atoms with van der Waals surface area (Å²) >= 11 is 0. The number of hydrogen-bond acceptors (Lipinski definition) is 5. The Kier molecular flexibility index (Phi) is 5.41. The molecule has 31 heavy (non-hydrogen) atoms. The summed E-state index contributed by atoms with van der Waals surface area (Å²) in [4.78, 5) is 63.2. The van der Waals surface area contributed by atoms with Gasteiger partial charge in [0.15, 0.2) is 0 Å². The van der Waals surface area contributed by atoms with Crippen LogP contribution in [0.15, 0.2) is 18.2 Å². The van der Waals surface area contributed by atoms with Crippen LogP contribution in [0.4, 0.5) is 5.69 Å². The van der Waals surface area contributed by atoms with E-state index in [1.807, 2.05) is 13.8 Å². The molecule has 1 atom stereocenters. The summed E-state index contributed by atoms with van der Waals surface area (Å²) < 4.78 is 0. The molecule has 0 aromatic heterocycles. The van der Waals surface area contributed by atoms with E-state index in [1.165, 1.54) is 18.6 Å². The lowest BCUT2D eigenvalue weighted by molar-refractivity contribution is -0.136. The average molecular weight is 425 g/mol. The predicted octanol–water partition coefficient (Wildman–Crippen LogP) is 2.63. The maximum absolute atomic E-state index is 13.0. The third kappa shape index (κ3) is 3.75. The lowest BCUT2D eigenvalue weighted by Crippen LogP contribution is -2.54. The second-order valence-corrected chi connectivity index (χ2v) is 9.22. The van der Waals surface area contributed by atoms with Crippen molar-refractivity contribution in [2.75, 3.05) is 5.32 Å². The van der Waals surface area contributed by atoms with Gasteiger partial charge in [-0.1, -0.05) is 33.1 Å². The molecule has 1 aliphatic carbocycles. The van der Waals surface area contributed by atoms with E-state index in [1.54, 1.807) is 6.07 Å². The molecule has 2 aliphatic heterocycles. The molecule has 1 aromatic carbocycles. The molecule has 1 saturated heterocycles. The number of hydrogen-bond donors (Lipinski definition) is 2. The number of imide groups is 2. The van der Waals surface area contributed by atoms with Crippen LogP contribution in [0.1, 0.15) is 79.5 Å². The summed E-state index contributed by atoms with van der Waals surface area (Å²) in [5.74, 6) is -2.01. The van der Waals surface area contributed by atoms with Gasteiger partial charge in [0, 0.05) is 17.5 Å². The molecule has 2 fully saturated rings. The summed E-state index contributed by atoms with van der Waals surface area (Å²) in [6.07, 6.45) is 5.70. The maximum Gasteiger partial charge on any atom is 0.262 e. The van der Waals surface area contributed by atoms with Gasteiger partial charge in [0.05, 0.1) is 11.1 Å². The summed E-state index contributed by atoms with van der Waals surface area (Å²) in [5, 5.41) is 5.09. The normalized spacial score (nSPS) is 22.4. The topological polar surface area (TPSA) is 113 Å². The Hall–Kier alpha value is -3.03. The number of amides is 5. The van der Waals surface area contributed by atoms with E-state index >= 15 is 0 Å². The van der Waals surface area contributed by atoms with Crippen LogP contribution in [-0.2, 0) is 14.4 Å². The summed E-state index contributed by atoms with van der Waals surface area (Å²) in [7, 11) is 0. The molecule has 8 heteroatoms. The van der Waals surface area contributed by atoms with Gasteiger partial charge < -0.3 is 5.32 Å². The largest absolute Gasteiger partial charge is 0.326 e. The number of nitrogens with zero attached hydrogens (tertiary/aromatic N) is 1. The molecule has 0 bridgehead atoms. The quantitative estimate of drug-likeness (QED) is 0.720. The highest BCUT2D eigenvalue weighted by atomic mass is 16.2. The lowest BCUT2D eigenvalue weighted by Gasteiger charge is -2.35. The average Bonchev–Trinajstić information content (AvgIpc) is 2.99. The van der Waals surface area contributed by atoms with Crippen LogP contribution in [0.25, 0.3) is 0 Å². The van der Waals surface area contributed by atoms with Gasteiger partial charge >= 0.3 is 0 Å². The fourth-order valence-corrected chi connectivity index (χ4v) is 4.85. The molecule has 0 radical (unpaired) electrons. The van der Waals surface area contributed by atoms with Crippen molar-refractivity contribution >= 4 is 35.2 Å². The molecule has 1 aromatic rings. The zero-order valence-corrected chi connectivity index (χ0v) is 17.8. The number of anilines is 1. The van der Waals surface area contributed by atoms with E-state index in [4.69, 9.17) is 0 Å². The van der Waals surface area contributed by atoms with Crippen molar-refractivity contribution in [3.8, 4) is 0 Å². The Morgan fingerprint density at radius 2 is 1.68 bits per heavy atom. The van der Waals surface area contributed by atoms with E-state index in [2.05, 4.69) is 10.6 Å². The monoisotopic (exact) mass is 425 g/mol. The van der Waals surface area contributed by atoms with Gasteiger partial charge in [0.1, 0.15) is 6.04 Å². The minimum Gasteiger partial charge on any atom is -0.326 e. The highest BCUT2D eigenvalue weighted by Gasteiger charge is 2.45. The minimum absolute atomic E-state index is 0.0708. The van der Waals surface area contributed by atoms with Gasteiger partial charge in [-0.15, -0.1) is 0 Å². The number of carbonyl (C=O) groups is 5.